The number of amides is 1. The number of nitrogens with one attached hydrogen (secondary N) is 1. The lowest BCUT2D eigenvalue weighted by molar-refractivity contribution is -0.302. The van der Waals surface area contributed by atoms with Gasteiger partial charge in [-0.1, -0.05) is 134 Å². The van der Waals surface area contributed by atoms with Crippen LogP contribution in [0.5, 0.6) is 0 Å². The smallest absolute Gasteiger partial charge is 0.249 e. The Morgan fingerprint density at radius 3 is 1.85 bits per heavy atom. The van der Waals surface area contributed by atoms with E-state index in [4.69, 9.17) is 9.47 Å². The van der Waals surface area contributed by atoms with Gasteiger partial charge >= 0.3 is 0 Å². The van der Waals surface area contributed by atoms with Crippen molar-refractivity contribution in [3.05, 3.63) is 24.3 Å². The Bertz CT molecular complexity index is 809. The summed E-state index contributed by atoms with van der Waals surface area (Å²) in [6.45, 7) is 3.50. The van der Waals surface area contributed by atoms with Crippen molar-refractivity contribution in [1.29, 1.82) is 0 Å². The van der Waals surface area contributed by atoms with Gasteiger partial charge in [0.05, 0.1) is 25.4 Å². The third kappa shape index (κ3) is 20.0. The van der Waals surface area contributed by atoms with Crippen LogP contribution in [0.3, 0.4) is 0 Å². The zero-order valence-electron chi connectivity index (χ0n) is 29.4. The van der Waals surface area contributed by atoms with Crippen LogP contribution in [0.1, 0.15) is 142 Å². The van der Waals surface area contributed by atoms with Crippen LogP contribution >= 0.6 is 0 Å². The zero-order valence-corrected chi connectivity index (χ0v) is 29.4. The first kappa shape index (κ1) is 43.7. The summed E-state index contributed by atoms with van der Waals surface area (Å²) in [4.78, 5) is 12.9. The van der Waals surface area contributed by atoms with E-state index in [1.807, 2.05) is 6.08 Å². The summed E-state index contributed by atoms with van der Waals surface area (Å²) in [5.41, 5.74) is 0. The fraction of sp³-hybridized carbons (Fsp3) is 0.865. The highest BCUT2D eigenvalue weighted by molar-refractivity contribution is 5.80. The van der Waals surface area contributed by atoms with E-state index >= 15 is 0 Å². The molecule has 1 rings (SSSR count). The number of hydrogen-bond donors (Lipinski definition) is 7. The number of aliphatic hydroxyl groups excluding tert-OH is 6. The van der Waals surface area contributed by atoms with Gasteiger partial charge in [-0.05, 0) is 32.1 Å². The van der Waals surface area contributed by atoms with Gasteiger partial charge in [0, 0.05) is 0 Å². The zero-order chi connectivity index (χ0) is 34.7. The van der Waals surface area contributed by atoms with Crippen molar-refractivity contribution < 1.29 is 44.9 Å². The number of aliphatic hydroxyl groups is 6. The van der Waals surface area contributed by atoms with Gasteiger partial charge in [0.1, 0.15) is 30.5 Å². The maximum atomic E-state index is 12.9. The highest BCUT2D eigenvalue weighted by Gasteiger charge is 2.44. The number of ether oxygens (including phenoxy) is 2. The Hall–Kier alpha value is -1.37. The minimum absolute atomic E-state index is 0.304. The standard InChI is InChI=1S/C37H69NO9/c1-3-5-7-9-11-13-14-15-16-17-18-20-21-23-25-30(40)29(28-46-37-35(44)34(43)33(42)32(27-39)47-37)38-36(45)31(41)26-24-22-19-12-10-8-6-4-2/h17-18,23,25,29-35,37,39-44H,3-16,19-22,24,26-28H2,1-2H3,(H,38,45)/b18-17+,25-23+. The van der Waals surface area contributed by atoms with Crippen molar-refractivity contribution >= 4 is 5.91 Å². The molecule has 0 saturated carbocycles. The van der Waals surface area contributed by atoms with Crippen molar-refractivity contribution in [2.75, 3.05) is 13.2 Å². The SMILES string of the molecule is CCCCCCCCCC/C=C/CC/C=C/C(O)C(COC1OC(CO)C(O)C(O)C1O)NC(=O)C(O)CCCCCCCCCC. The molecule has 1 amide bonds. The molecule has 7 N–H and O–H groups in total. The van der Waals surface area contributed by atoms with Gasteiger partial charge < -0.3 is 45.4 Å². The van der Waals surface area contributed by atoms with Gasteiger partial charge in [-0.25, -0.2) is 0 Å². The first-order valence-electron chi connectivity index (χ1n) is 18.7. The van der Waals surface area contributed by atoms with E-state index in [1.165, 1.54) is 77.0 Å². The molecule has 0 aromatic carbocycles. The molecule has 8 atom stereocenters. The molecule has 0 aromatic heterocycles. The largest absolute Gasteiger partial charge is 0.394 e. The highest BCUT2D eigenvalue weighted by Crippen LogP contribution is 2.22. The van der Waals surface area contributed by atoms with Gasteiger partial charge in [-0.3, -0.25) is 4.79 Å². The van der Waals surface area contributed by atoms with Crippen LogP contribution < -0.4 is 5.32 Å². The van der Waals surface area contributed by atoms with Crippen molar-refractivity contribution in [2.24, 2.45) is 0 Å². The van der Waals surface area contributed by atoms with Crippen LogP contribution in [0, 0.1) is 0 Å². The first-order valence-corrected chi connectivity index (χ1v) is 18.7. The molecule has 10 nitrogen and oxygen atoms in total. The lowest BCUT2D eigenvalue weighted by Gasteiger charge is -2.40. The molecule has 47 heavy (non-hydrogen) atoms. The summed E-state index contributed by atoms with van der Waals surface area (Å²) in [5.74, 6) is -0.633. The Labute approximate surface area is 284 Å². The minimum atomic E-state index is -1.61. The summed E-state index contributed by atoms with van der Waals surface area (Å²) in [7, 11) is 0. The lowest BCUT2D eigenvalue weighted by atomic mass is 9.99. The molecule has 1 saturated heterocycles. The van der Waals surface area contributed by atoms with E-state index in [0.717, 1.165) is 32.1 Å². The highest BCUT2D eigenvalue weighted by atomic mass is 16.7. The maximum absolute atomic E-state index is 12.9. The van der Waals surface area contributed by atoms with E-state index in [-0.39, 0.29) is 6.61 Å². The molecule has 276 valence electrons. The van der Waals surface area contributed by atoms with Gasteiger partial charge in [0.15, 0.2) is 6.29 Å². The van der Waals surface area contributed by atoms with Crippen LogP contribution in [-0.4, -0.2) is 98.7 Å². The molecule has 8 unspecified atom stereocenters. The number of carbonyl (C=O) groups is 1. The van der Waals surface area contributed by atoms with Crippen LogP contribution in [0.4, 0.5) is 0 Å². The molecule has 1 heterocycles. The molecule has 0 spiro atoms. The monoisotopic (exact) mass is 671 g/mol. The Balaban J connectivity index is 2.58. The van der Waals surface area contributed by atoms with Crippen LogP contribution in [0.25, 0.3) is 0 Å². The van der Waals surface area contributed by atoms with E-state index in [1.54, 1.807) is 6.08 Å². The molecule has 1 aliphatic heterocycles. The number of hydrogen-bond acceptors (Lipinski definition) is 9. The number of allylic oxidation sites excluding steroid dienone is 3. The average molecular weight is 672 g/mol. The second-order valence-electron chi connectivity index (χ2n) is 13.2. The Morgan fingerprint density at radius 2 is 1.26 bits per heavy atom. The van der Waals surface area contributed by atoms with Crippen LogP contribution in [-0.2, 0) is 14.3 Å². The van der Waals surface area contributed by atoms with E-state index in [9.17, 15) is 35.4 Å². The molecule has 0 aliphatic carbocycles. The van der Waals surface area contributed by atoms with E-state index < -0.39 is 61.5 Å². The second kappa shape index (κ2) is 28.5. The van der Waals surface area contributed by atoms with Gasteiger partial charge in [-0.15, -0.1) is 0 Å². The maximum Gasteiger partial charge on any atom is 0.249 e. The molecule has 1 aliphatic rings. The van der Waals surface area contributed by atoms with E-state index in [2.05, 4.69) is 31.3 Å². The quantitative estimate of drug-likeness (QED) is 0.0429. The minimum Gasteiger partial charge on any atom is -0.394 e. The number of rotatable bonds is 29. The van der Waals surface area contributed by atoms with Gasteiger partial charge in [-0.2, -0.15) is 0 Å². The van der Waals surface area contributed by atoms with Crippen molar-refractivity contribution in [1.82, 2.24) is 5.32 Å². The molecular formula is C37H69NO9. The van der Waals surface area contributed by atoms with Crippen molar-refractivity contribution in [2.45, 2.75) is 191 Å². The summed E-state index contributed by atoms with van der Waals surface area (Å²) in [6, 6.07) is -0.989. The summed E-state index contributed by atoms with van der Waals surface area (Å²) >= 11 is 0. The molecule has 0 aromatic rings. The predicted molar refractivity (Wildman–Crippen MR) is 186 cm³/mol. The normalized spacial score (nSPS) is 23.8. The van der Waals surface area contributed by atoms with E-state index in [0.29, 0.717) is 19.3 Å². The lowest BCUT2D eigenvalue weighted by Crippen LogP contribution is -2.60. The Kier molecular flexibility index (Phi) is 26.4. The van der Waals surface area contributed by atoms with Crippen molar-refractivity contribution in [3.8, 4) is 0 Å². The summed E-state index contributed by atoms with van der Waals surface area (Å²) < 4.78 is 11.0. The van der Waals surface area contributed by atoms with Gasteiger partial charge in [0.2, 0.25) is 5.91 Å². The molecule has 1 fully saturated rings. The molecule has 10 heteroatoms. The molecular weight excluding hydrogens is 602 g/mol. The molecule has 0 radical (unpaired) electrons. The third-order valence-corrected chi connectivity index (χ3v) is 8.89. The fourth-order valence-corrected chi connectivity index (χ4v) is 5.70. The van der Waals surface area contributed by atoms with Crippen LogP contribution in [0.15, 0.2) is 24.3 Å². The third-order valence-electron chi connectivity index (χ3n) is 8.89. The molecule has 0 bridgehead atoms. The second-order valence-corrected chi connectivity index (χ2v) is 13.2. The first-order chi connectivity index (χ1) is 22.8. The predicted octanol–water partition coefficient (Wildman–Crippen LogP) is 4.96. The average Bonchev–Trinajstić information content (AvgIpc) is 3.07. The summed E-state index contributed by atoms with van der Waals surface area (Å²) in [5, 5.41) is 64.0. The van der Waals surface area contributed by atoms with Crippen molar-refractivity contribution in [3.63, 3.8) is 0 Å². The fourth-order valence-electron chi connectivity index (χ4n) is 5.70. The number of carbonyl (C=O) groups excluding carboxylic acids is 1. The summed E-state index contributed by atoms with van der Waals surface area (Å²) in [6.07, 6.45) is 20.0. The Morgan fingerprint density at radius 1 is 0.723 bits per heavy atom. The van der Waals surface area contributed by atoms with Crippen LogP contribution in [0.2, 0.25) is 0 Å². The topological polar surface area (TPSA) is 169 Å². The number of unbranched alkanes of at least 4 members (excludes halogenated alkanes) is 16. The van der Waals surface area contributed by atoms with Gasteiger partial charge in [0.25, 0.3) is 0 Å².